The zero-order chi connectivity index (χ0) is 23.2. The molecule has 0 saturated carbocycles. The number of nitrogens with zero attached hydrogens (tertiary/aromatic N) is 3. The third kappa shape index (κ3) is 5.11. The van der Waals surface area contributed by atoms with Gasteiger partial charge >= 0.3 is 0 Å². The van der Waals surface area contributed by atoms with E-state index in [2.05, 4.69) is 41.0 Å². The largest absolute Gasteiger partial charge is 0.494 e. The van der Waals surface area contributed by atoms with E-state index in [9.17, 15) is 9.59 Å². The second-order valence-electron chi connectivity index (χ2n) is 8.55. The van der Waals surface area contributed by atoms with Gasteiger partial charge in [-0.25, -0.2) is 0 Å². The van der Waals surface area contributed by atoms with E-state index in [1.54, 1.807) is 0 Å². The lowest BCUT2D eigenvalue weighted by atomic mass is 10.0. The lowest BCUT2D eigenvalue weighted by molar-refractivity contribution is -0.137. The van der Waals surface area contributed by atoms with Crippen LogP contribution in [0.25, 0.3) is 5.57 Å². The summed E-state index contributed by atoms with van der Waals surface area (Å²) in [7, 11) is 0. The van der Waals surface area contributed by atoms with Gasteiger partial charge in [-0.3, -0.25) is 19.4 Å². The highest BCUT2D eigenvalue weighted by Gasteiger charge is 2.41. The van der Waals surface area contributed by atoms with Crippen LogP contribution in [0.5, 0.6) is 5.75 Å². The Morgan fingerprint density at radius 3 is 2.18 bits per heavy atom. The van der Waals surface area contributed by atoms with Gasteiger partial charge in [0, 0.05) is 39.3 Å². The van der Waals surface area contributed by atoms with E-state index in [4.69, 9.17) is 4.74 Å². The van der Waals surface area contributed by atoms with Crippen molar-refractivity contribution in [2.45, 2.75) is 33.2 Å². The van der Waals surface area contributed by atoms with Gasteiger partial charge in [0.15, 0.2) is 0 Å². The zero-order valence-electron chi connectivity index (χ0n) is 19.6. The van der Waals surface area contributed by atoms with E-state index in [1.807, 2.05) is 37.3 Å². The summed E-state index contributed by atoms with van der Waals surface area (Å²) in [6.07, 6.45) is 1.75. The van der Waals surface area contributed by atoms with Crippen molar-refractivity contribution in [2.75, 3.05) is 39.3 Å². The summed E-state index contributed by atoms with van der Waals surface area (Å²) in [6.45, 7) is 9.11. The second kappa shape index (κ2) is 10.7. The smallest absolute Gasteiger partial charge is 0.277 e. The molecule has 2 aromatic carbocycles. The maximum Gasteiger partial charge on any atom is 0.277 e. The number of piperazine rings is 1. The van der Waals surface area contributed by atoms with Gasteiger partial charge in [0.1, 0.15) is 11.4 Å². The molecule has 6 heteroatoms. The van der Waals surface area contributed by atoms with Crippen molar-refractivity contribution in [1.29, 1.82) is 0 Å². The van der Waals surface area contributed by atoms with Crippen molar-refractivity contribution in [1.82, 2.24) is 14.7 Å². The highest BCUT2D eigenvalue weighted by Crippen LogP contribution is 2.33. The van der Waals surface area contributed by atoms with Crippen LogP contribution < -0.4 is 4.74 Å². The maximum absolute atomic E-state index is 13.4. The fourth-order valence-corrected chi connectivity index (χ4v) is 4.49. The second-order valence-corrected chi connectivity index (χ2v) is 8.55. The molecular formula is C27H33N3O3. The predicted molar refractivity (Wildman–Crippen MR) is 129 cm³/mol. The van der Waals surface area contributed by atoms with Crippen molar-refractivity contribution in [3.63, 3.8) is 0 Å². The van der Waals surface area contributed by atoms with Gasteiger partial charge in [0.2, 0.25) is 0 Å². The van der Waals surface area contributed by atoms with E-state index in [1.165, 1.54) is 10.5 Å². The monoisotopic (exact) mass is 447 g/mol. The first kappa shape index (κ1) is 23.1. The van der Waals surface area contributed by atoms with Crippen molar-refractivity contribution in [2.24, 2.45) is 0 Å². The number of unbranched alkanes of at least 4 members (excludes halogenated alkanes) is 1. The minimum absolute atomic E-state index is 0.158. The summed E-state index contributed by atoms with van der Waals surface area (Å²) >= 11 is 0. The lowest BCUT2D eigenvalue weighted by Crippen LogP contribution is -2.47. The van der Waals surface area contributed by atoms with E-state index < -0.39 is 0 Å². The normalized spacial score (nSPS) is 17.3. The quantitative estimate of drug-likeness (QED) is 0.548. The van der Waals surface area contributed by atoms with Crippen molar-refractivity contribution in [3.8, 4) is 5.75 Å². The molecule has 2 aliphatic rings. The Labute approximate surface area is 196 Å². The molecule has 4 rings (SSSR count). The molecule has 2 aromatic rings. The molecule has 33 heavy (non-hydrogen) atoms. The van der Waals surface area contributed by atoms with Crippen LogP contribution in [0.15, 0.2) is 60.3 Å². The number of ether oxygens (including phenoxy) is 1. The van der Waals surface area contributed by atoms with Gasteiger partial charge in [-0.1, -0.05) is 55.8 Å². The zero-order valence-corrected chi connectivity index (χ0v) is 19.6. The molecule has 2 heterocycles. The Bertz CT molecular complexity index is 993. The third-order valence-electron chi connectivity index (χ3n) is 6.27. The number of carbonyl (C=O) groups is 2. The van der Waals surface area contributed by atoms with Crippen LogP contribution >= 0.6 is 0 Å². The Morgan fingerprint density at radius 2 is 1.55 bits per heavy atom. The molecule has 0 aromatic heterocycles. The standard InChI is InChI=1S/C27H33N3O3/c1-3-5-15-30-26(31)24(22-11-13-23(14-12-22)33-4-2)25(27(30)32)29-18-16-28(17-19-29)20-21-9-7-6-8-10-21/h6-14H,3-5,15-20H2,1-2H3. The molecule has 0 aliphatic carbocycles. The number of imide groups is 1. The van der Waals surface area contributed by atoms with Gasteiger partial charge in [0.25, 0.3) is 11.8 Å². The molecule has 6 nitrogen and oxygen atoms in total. The van der Waals surface area contributed by atoms with Crippen LogP contribution in [0.3, 0.4) is 0 Å². The number of hydrogen-bond acceptors (Lipinski definition) is 5. The number of benzene rings is 2. The molecular weight excluding hydrogens is 414 g/mol. The summed E-state index contributed by atoms with van der Waals surface area (Å²) in [5.41, 5.74) is 3.14. The number of carbonyl (C=O) groups excluding carboxylic acids is 2. The topological polar surface area (TPSA) is 53.1 Å². The fourth-order valence-electron chi connectivity index (χ4n) is 4.49. The summed E-state index contributed by atoms with van der Waals surface area (Å²) < 4.78 is 5.56. The Hall–Kier alpha value is -3.12. The Kier molecular flexibility index (Phi) is 7.45. The van der Waals surface area contributed by atoms with Gasteiger partial charge < -0.3 is 9.64 Å². The lowest BCUT2D eigenvalue weighted by Gasteiger charge is -2.36. The molecule has 1 saturated heterocycles. The van der Waals surface area contributed by atoms with Crippen molar-refractivity contribution < 1.29 is 14.3 Å². The Balaban J connectivity index is 1.56. The van der Waals surface area contributed by atoms with Crippen molar-refractivity contribution in [3.05, 3.63) is 71.4 Å². The average molecular weight is 448 g/mol. The molecule has 2 amide bonds. The minimum atomic E-state index is -0.181. The van der Waals surface area contributed by atoms with Gasteiger partial charge in [-0.15, -0.1) is 0 Å². The summed E-state index contributed by atoms with van der Waals surface area (Å²) in [5.74, 6) is 0.422. The first-order valence-corrected chi connectivity index (χ1v) is 12.0. The summed E-state index contributed by atoms with van der Waals surface area (Å²) in [4.78, 5) is 32.7. The van der Waals surface area contributed by atoms with Gasteiger partial charge in [-0.05, 0) is 36.6 Å². The fraction of sp³-hybridized carbons (Fsp3) is 0.407. The molecule has 0 unspecified atom stereocenters. The first-order valence-electron chi connectivity index (χ1n) is 12.0. The maximum atomic E-state index is 13.4. The molecule has 0 radical (unpaired) electrons. The van der Waals surface area contributed by atoms with E-state index in [0.717, 1.165) is 56.9 Å². The van der Waals surface area contributed by atoms with E-state index in [0.29, 0.717) is 24.4 Å². The Morgan fingerprint density at radius 1 is 0.848 bits per heavy atom. The predicted octanol–water partition coefficient (Wildman–Crippen LogP) is 3.78. The molecule has 2 aliphatic heterocycles. The molecule has 1 fully saturated rings. The third-order valence-corrected chi connectivity index (χ3v) is 6.27. The van der Waals surface area contributed by atoms with Crippen LogP contribution in [0.1, 0.15) is 37.8 Å². The molecule has 0 spiro atoms. The minimum Gasteiger partial charge on any atom is -0.494 e. The van der Waals surface area contributed by atoms with Crippen LogP contribution in [-0.4, -0.2) is 65.8 Å². The molecule has 0 N–H and O–H groups in total. The van der Waals surface area contributed by atoms with E-state index in [-0.39, 0.29) is 11.8 Å². The SMILES string of the molecule is CCCCN1C(=O)C(c2ccc(OCC)cc2)=C(N2CCN(Cc3ccccc3)CC2)C1=O. The van der Waals surface area contributed by atoms with Gasteiger partial charge in [-0.2, -0.15) is 0 Å². The number of rotatable bonds is 9. The van der Waals surface area contributed by atoms with Crippen molar-refractivity contribution >= 4 is 17.4 Å². The highest BCUT2D eigenvalue weighted by atomic mass is 16.5. The summed E-state index contributed by atoms with van der Waals surface area (Å²) in [6, 6.07) is 18.0. The van der Waals surface area contributed by atoms with Crippen LogP contribution in [0.2, 0.25) is 0 Å². The molecule has 174 valence electrons. The van der Waals surface area contributed by atoms with E-state index >= 15 is 0 Å². The van der Waals surface area contributed by atoms with Crippen LogP contribution in [0, 0.1) is 0 Å². The number of amides is 2. The first-order chi connectivity index (χ1) is 16.1. The van der Waals surface area contributed by atoms with Crippen LogP contribution in [-0.2, 0) is 16.1 Å². The number of hydrogen-bond donors (Lipinski definition) is 0. The molecule has 0 atom stereocenters. The average Bonchev–Trinajstić information content (AvgIpc) is 3.09. The highest BCUT2D eigenvalue weighted by molar-refractivity contribution is 6.35. The molecule has 0 bridgehead atoms. The summed E-state index contributed by atoms with van der Waals surface area (Å²) in [5, 5.41) is 0. The van der Waals surface area contributed by atoms with Gasteiger partial charge in [0.05, 0.1) is 12.2 Å². The van der Waals surface area contributed by atoms with Crippen LogP contribution in [0.4, 0.5) is 0 Å².